The first-order valence-corrected chi connectivity index (χ1v) is 5.34. The molecule has 1 aliphatic rings. The first kappa shape index (κ1) is 9.68. The fourth-order valence-electron chi connectivity index (χ4n) is 1.25. The Morgan fingerprint density at radius 1 is 1.42 bits per heavy atom. The molecule has 0 spiro atoms. The smallest absolute Gasteiger partial charge is 0.0900 e. The fraction of sp³-hybridized carbons (Fsp3) is 0.667. The highest BCUT2D eigenvalue weighted by molar-refractivity contribution is 7.11. The third kappa shape index (κ3) is 2.05. The standard InChI is InChI=1S/C7H10N2S.C2H6/c1-5-9-6-4-8-3-2-7(6)10-5;1-2/h8H,2-4H2,1H3;1-2H3. The monoisotopic (exact) mass is 184 g/mol. The molecule has 1 N–H and O–H groups in total. The van der Waals surface area contributed by atoms with Crippen molar-refractivity contribution in [2.24, 2.45) is 0 Å². The third-order valence-electron chi connectivity index (χ3n) is 1.71. The van der Waals surface area contributed by atoms with Crippen LogP contribution < -0.4 is 5.32 Å². The molecule has 1 aliphatic heterocycles. The number of thiazole rings is 1. The van der Waals surface area contributed by atoms with Gasteiger partial charge in [-0.3, -0.25) is 0 Å². The Balaban J connectivity index is 0.000000336. The molecule has 0 unspecified atom stereocenters. The van der Waals surface area contributed by atoms with Crippen LogP contribution in [0.4, 0.5) is 0 Å². The molecule has 3 heteroatoms. The van der Waals surface area contributed by atoms with E-state index in [1.54, 1.807) is 0 Å². The molecule has 1 aromatic heterocycles. The predicted octanol–water partition coefficient (Wildman–Crippen LogP) is 2.12. The number of nitrogens with zero attached hydrogens (tertiary/aromatic N) is 1. The van der Waals surface area contributed by atoms with Crippen LogP contribution in [0.1, 0.15) is 29.4 Å². The second-order valence-corrected chi connectivity index (χ2v) is 3.82. The van der Waals surface area contributed by atoms with E-state index in [2.05, 4.69) is 17.2 Å². The lowest BCUT2D eigenvalue weighted by Crippen LogP contribution is -2.22. The Morgan fingerprint density at radius 2 is 2.17 bits per heavy atom. The molecule has 1 aromatic rings. The first-order chi connectivity index (χ1) is 5.86. The van der Waals surface area contributed by atoms with Crippen molar-refractivity contribution in [2.45, 2.75) is 33.7 Å². The summed E-state index contributed by atoms with van der Waals surface area (Å²) in [6, 6.07) is 0. The fourth-order valence-corrected chi connectivity index (χ4v) is 2.21. The van der Waals surface area contributed by atoms with E-state index in [4.69, 9.17) is 0 Å². The highest BCUT2D eigenvalue weighted by Crippen LogP contribution is 2.20. The summed E-state index contributed by atoms with van der Waals surface area (Å²) in [4.78, 5) is 5.89. The Labute approximate surface area is 78.0 Å². The summed E-state index contributed by atoms with van der Waals surface area (Å²) >= 11 is 1.84. The lowest BCUT2D eigenvalue weighted by molar-refractivity contribution is 0.638. The van der Waals surface area contributed by atoms with Crippen LogP contribution >= 0.6 is 11.3 Å². The molecule has 0 atom stereocenters. The number of rotatable bonds is 0. The zero-order valence-corrected chi connectivity index (χ0v) is 8.79. The van der Waals surface area contributed by atoms with Crippen LogP contribution in [0.2, 0.25) is 0 Å². The van der Waals surface area contributed by atoms with Gasteiger partial charge in [0.2, 0.25) is 0 Å². The van der Waals surface area contributed by atoms with Crippen LogP contribution in [-0.4, -0.2) is 11.5 Å². The van der Waals surface area contributed by atoms with Crippen LogP contribution in [-0.2, 0) is 13.0 Å². The van der Waals surface area contributed by atoms with Crippen molar-refractivity contribution in [1.82, 2.24) is 10.3 Å². The maximum absolute atomic E-state index is 4.41. The largest absolute Gasteiger partial charge is 0.311 e. The minimum atomic E-state index is 0.972. The SMILES string of the molecule is CC.Cc1nc2c(s1)CCNC2. The van der Waals surface area contributed by atoms with E-state index >= 15 is 0 Å². The van der Waals surface area contributed by atoms with Gasteiger partial charge in [-0.1, -0.05) is 13.8 Å². The summed E-state index contributed by atoms with van der Waals surface area (Å²) in [5.74, 6) is 0. The molecule has 0 aromatic carbocycles. The molecule has 12 heavy (non-hydrogen) atoms. The zero-order valence-electron chi connectivity index (χ0n) is 7.98. The van der Waals surface area contributed by atoms with Gasteiger partial charge in [0.15, 0.2) is 0 Å². The predicted molar refractivity (Wildman–Crippen MR) is 53.6 cm³/mol. The molecule has 0 fully saturated rings. The highest BCUT2D eigenvalue weighted by Gasteiger charge is 2.11. The van der Waals surface area contributed by atoms with E-state index in [1.807, 2.05) is 25.2 Å². The van der Waals surface area contributed by atoms with Gasteiger partial charge in [0.25, 0.3) is 0 Å². The molecule has 2 nitrogen and oxygen atoms in total. The summed E-state index contributed by atoms with van der Waals surface area (Å²) in [7, 11) is 0. The van der Waals surface area contributed by atoms with Crippen molar-refractivity contribution in [3.8, 4) is 0 Å². The summed E-state index contributed by atoms with van der Waals surface area (Å²) in [5, 5.41) is 4.50. The van der Waals surface area contributed by atoms with Crippen molar-refractivity contribution in [3.05, 3.63) is 15.6 Å². The lowest BCUT2D eigenvalue weighted by Gasteiger charge is -2.09. The molecule has 0 aliphatic carbocycles. The van der Waals surface area contributed by atoms with Gasteiger partial charge in [-0.25, -0.2) is 4.98 Å². The lowest BCUT2D eigenvalue weighted by atomic mass is 10.2. The number of hydrogen-bond donors (Lipinski definition) is 1. The number of hydrogen-bond acceptors (Lipinski definition) is 3. The number of aryl methyl sites for hydroxylation is 1. The Hall–Kier alpha value is -0.410. The highest BCUT2D eigenvalue weighted by atomic mass is 32.1. The van der Waals surface area contributed by atoms with E-state index in [1.165, 1.54) is 22.0 Å². The minimum absolute atomic E-state index is 0.972. The number of nitrogens with one attached hydrogen (secondary N) is 1. The molecule has 2 heterocycles. The maximum Gasteiger partial charge on any atom is 0.0900 e. The van der Waals surface area contributed by atoms with Gasteiger partial charge in [-0.15, -0.1) is 11.3 Å². The molecule has 0 bridgehead atoms. The molecule has 0 radical (unpaired) electrons. The van der Waals surface area contributed by atoms with Gasteiger partial charge in [0, 0.05) is 18.0 Å². The van der Waals surface area contributed by atoms with E-state index < -0.39 is 0 Å². The average Bonchev–Trinajstić information content (AvgIpc) is 2.48. The second-order valence-electron chi connectivity index (χ2n) is 2.53. The first-order valence-electron chi connectivity index (χ1n) is 4.52. The van der Waals surface area contributed by atoms with E-state index in [-0.39, 0.29) is 0 Å². The van der Waals surface area contributed by atoms with Crippen molar-refractivity contribution in [1.29, 1.82) is 0 Å². The number of fused-ring (bicyclic) bond motifs is 1. The zero-order chi connectivity index (χ0) is 8.97. The van der Waals surface area contributed by atoms with E-state index in [0.29, 0.717) is 0 Å². The topological polar surface area (TPSA) is 24.9 Å². The van der Waals surface area contributed by atoms with Crippen molar-refractivity contribution < 1.29 is 0 Å². The van der Waals surface area contributed by atoms with Crippen molar-refractivity contribution >= 4 is 11.3 Å². The van der Waals surface area contributed by atoms with Crippen LogP contribution in [0, 0.1) is 6.92 Å². The van der Waals surface area contributed by atoms with Crippen molar-refractivity contribution in [3.63, 3.8) is 0 Å². The Kier molecular flexibility index (Phi) is 3.69. The van der Waals surface area contributed by atoms with Crippen LogP contribution in [0.15, 0.2) is 0 Å². The van der Waals surface area contributed by atoms with Crippen LogP contribution in [0.5, 0.6) is 0 Å². The molecule has 2 rings (SSSR count). The molecule has 0 saturated heterocycles. The van der Waals surface area contributed by atoms with Gasteiger partial charge in [-0.2, -0.15) is 0 Å². The van der Waals surface area contributed by atoms with Gasteiger partial charge in [0.1, 0.15) is 0 Å². The van der Waals surface area contributed by atoms with Crippen LogP contribution in [0.3, 0.4) is 0 Å². The molecule has 0 amide bonds. The minimum Gasteiger partial charge on any atom is -0.311 e. The quantitative estimate of drug-likeness (QED) is 0.668. The van der Waals surface area contributed by atoms with E-state index in [9.17, 15) is 0 Å². The average molecular weight is 184 g/mol. The maximum atomic E-state index is 4.41. The third-order valence-corrected chi connectivity index (χ3v) is 2.78. The van der Waals surface area contributed by atoms with E-state index in [0.717, 1.165) is 13.1 Å². The van der Waals surface area contributed by atoms with Gasteiger partial charge >= 0.3 is 0 Å². The normalized spacial score (nSPS) is 14.6. The van der Waals surface area contributed by atoms with Gasteiger partial charge in [0.05, 0.1) is 10.7 Å². The molecular formula is C9H16N2S. The van der Waals surface area contributed by atoms with Crippen molar-refractivity contribution in [2.75, 3.05) is 6.54 Å². The molecular weight excluding hydrogens is 168 g/mol. The summed E-state index contributed by atoms with van der Waals surface area (Å²) in [6.07, 6.45) is 1.17. The Bertz CT molecular complexity index is 219. The molecule has 0 saturated carbocycles. The summed E-state index contributed by atoms with van der Waals surface area (Å²) in [6.45, 7) is 8.16. The summed E-state index contributed by atoms with van der Waals surface area (Å²) < 4.78 is 0. The van der Waals surface area contributed by atoms with Gasteiger partial charge in [-0.05, 0) is 13.3 Å². The van der Waals surface area contributed by atoms with Crippen LogP contribution in [0.25, 0.3) is 0 Å². The molecule has 68 valence electrons. The number of aromatic nitrogens is 1. The summed E-state index contributed by atoms with van der Waals surface area (Å²) in [5.41, 5.74) is 1.27. The van der Waals surface area contributed by atoms with Gasteiger partial charge < -0.3 is 5.32 Å². The Morgan fingerprint density at radius 3 is 2.83 bits per heavy atom. The second kappa shape index (κ2) is 4.58.